The largest absolute Gasteiger partial charge is 0.442 e. The van der Waals surface area contributed by atoms with Gasteiger partial charge in [0.25, 0.3) is 10.0 Å². The zero-order valence-corrected chi connectivity index (χ0v) is 16.0. The van der Waals surface area contributed by atoms with E-state index in [-0.39, 0.29) is 29.0 Å². The molecule has 4 heterocycles. The second-order valence-electron chi connectivity index (χ2n) is 6.76. The predicted molar refractivity (Wildman–Crippen MR) is 93.1 cm³/mol. The predicted octanol–water partition coefficient (Wildman–Crippen LogP) is 2.68. The number of aromatic amines is 2. The lowest BCUT2D eigenvalue weighted by molar-refractivity contribution is -0.141. The summed E-state index contributed by atoms with van der Waals surface area (Å²) in [5, 5.41) is 11.9. The Labute approximate surface area is 163 Å². The average molecular weight is 430 g/mol. The first kappa shape index (κ1) is 19.6. The molecule has 1 aliphatic heterocycles. The summed E-state index contributed by atoms with van der Waals surface area (Å²) in [6.45, 7) is 2.26. The fraction of sp³-hybridized carbons (Fsp3) is 0.438. The van der Waals surface area contributed by atoms with Gasteiger partial charge in [0.1, 0.15) is 17.2 Å². The van der Waals surface area contributed by atoms with E-state index in [0.29, 0.717) is 24.6 Å². The van der Waals surface area contributed by atoms with Gasteiger partial charge in [-0.05, 0) is 38.0 Å². The molecule has 9 nitrogen and oxygen atoms in total. The molecule has 0 aromatic carbocycles. The highest BCUT2D eigenvalue weighted by Crippen LogP contribution is 2.33. The van der Waals surface area contributed by atoms with E-state index < -0.39 is 21.9 Å². The van der Waals surface area contributed by atoms with Gasteiger partial charge in [-0.25, -0.2) is 13.4 Å². The number of halogens is 3. The molecule has 156 valence electrons. The van der Waals surface area contributed by atoms with Gasteiger partial charge >= 0.3 is 6.18 Å². The second-order valence-corrected chi connectivity index (χ2v) is 8.63. The lowest BCUT2D eigenvalue weighted by Gasteiger charge is -2.29. The Morgan fingerprint density at radius 1 is 1.24 bits per heavy atom. The van der Waals surface area contributed by atoms with Crippen LogP contribution in [0, 0.1) is 6.92 Å². The van der Waals surface area contributed by atoms with Crippen LogP contribution in [0.3, 0.4) is 0 Å². The van der Waals surface area contributed by atoms with E-state index in [1.165, 1.54) is 16.4 Å². The quantitative estimate of drug-likeness (QED) is 0.657. The maximum absolute atomic E-state index is 13.0. The van der Waals surface area contributed by atoms with E-state index in [4.69, 9.17) is 4.42 Å². The molecular formula is C16H17F3N6O3S. The van der Waals surface area contributed by atoms with Crippen LogP contribution in [-0.2, 0) is 16.2 Å². The molecule has 0 bridgehead atoms. The molecule has 0 saturated carbocycles. The van der Waals surface area contributed by atoms with Crippen molar-refractivity contribution >= 4 is 10.0 Å². The molecule has 13 heteroatoms. The number of aromatic nitrogens is 5. The third kappa shape index (κ3) is 3.79. The minimum Gasteiger partial charge on any atom is -0.442 e. The molecule has 29 heavy (non-hydrogen) atoms. The highest BCUT2D eigenvalue weighted by atomic mass is 32.2. The maximum Gasteiger partial charge on any atom is 0.432 e. The standard InChI is InChI=1S/C16H17F3N6O3S/c1-9-20-15(24-21-9)10-3-2-6-25(8-10)29(26,27)14-5-4-12(28-14)11-7-13(23-22-11)16(17,18)19/h4-5,7,10H,2-3,6,8H2,1H3,(H,22,23)(H,20,21,24). The van der Waals surface area contributed by atoms with E-state index in [1.54, 1.807) is 6.92 Å². The van der Waals surface area contributed by atoms with Gasteiger partial charge in [0, 0.05) is 19.0 Å². The third-order valence-electron chi connectivity index (χ3n) is 4.67. The van der Waals surface area contributed by atoms with Crippen LogP contribution in [0.5, 0.6) is 0 Å². The van der Waals surface area contributed by atoms with Crippen LogP contribution >= 0.6 is 0 Å². The summed E-state index contributed by atoms with van der Waals surface area (Å²) in [5.41, 5.74) is -1.18. The monoisotopic (exact) mass is 430 g/mol. The molecule has 4 rings (SSSR count). The van der Waals surface area contributed by atoms with Crippen molar-refractivity contribution in [3.63, 3.8) is 0 Å². The number of hydrogen-bond donors (Lipinski definition) is 2. The molecule has 0 spiro atoms. The first-order valence-electron chi connectivity index (χ1n) is 8.76. The molecule has 1 atom stereocenters. The fourth-order valence-corrected chi connectivity index (χ4v) is 4.67. The van der Waals surface area contributed by atoms with Gasteiger partial charge in [0.2, 0.25) is 5.09 Å². The van der Waals surface area contributed by atoms with Crippen LogP contribution in [0.2, 0.25) is 0 Å². The Morgan fingerprint density at radius 3 is 2.69 bits per heavy atom. The second kappa shape index (κ2) is 6.99. The van der Waals surface area contributed by atoms with Crippen molar-refractivity contribution < 1.29 is 26.0 Å². The highest BCUT2D eigenvalue weighted by Gasteiger charge is 2.36. The number of sulfonamides is 1. The van der Waals surface area contributed by atoms with Crippen LogP contribution in [0.4, 0.5) is 13.2 Å². The summed E-state index contributed by atoms with van der Waals surface area (Å²) in [5.74, 6) is 0.971. The Bertz CT molecular complexity index is 1120. The van der Waals surface area contributed by atoms with Crippen molar-refractivity contribution in [3.05, 3.63) is 35.5 Å². The van der Waals surface area contributed by atoms with Crippen molar-refractivity contribution in [3.8, 4) is 11.5 Å². The summed E-state index contributed by atoms with van der Waals surface area (Å²) < 4.78 is 70.7. The SMILES string of the molecule is Cc1nc(C2CCCN(S(=O)(=O)c3ccc(-c4cc(C(F)(F)F)[nH]n4)o3)C2)n[nH]1. The molecular weight excluding hydrogens is 413 g/mol. The number of H-pyrrole nitrogens is 2. The van der Waals surface area contributed by atoms with Crippen LogP contribution in [0.1, 0.15) is 36.1 Å². The molecule has 2 N–H and O–H groups in total. The van der Waals surface area contributed by atoms with Crippen LogP contribution in [0.25, 0.3) is 11.5 Å². The van der Waals surface area contributed by atoms with Crippen molar-refractivity contribution in [1.82, 2.24) is 29.7 Å². The zero-order chi connectivity index (χ0) is 20.8. The molecule has 1 unspecified atom stereocenters. The number of nitrogens with one attached hydrogen (secondary N) is 2. The molecule has 0 radical (unpaired) electrons. The first-order chi connectivity index (χ1) is 13.6. The molecule has 3 aromatic heterocycles. The van der Waals surface area contributed by atoms with Crippen molar-refractivity contribution in [2.24, 2.45) is 0 Å². The highest BCUT2D eigenvalue weighted by molar-refractivity contribution is 7.89. The zero-order valence-electron chi connectivity index (χ0n) is 15.2. The number of aryl methyl sites for hydroxylation is 1. The summed E-state index contributed by atoms with van der Waals surface area (Å²) >= 11 is 0. The molecule has 3 aromatic rings. The van der Waals surface area contributed by atoms with Gasteiger partial charge in [-0.15, -0.1) is 0 Å². The number of rotatable bonds is 4. The van der Waals surface area contributed by atoms with Gasteiger partial charge in [0.05, 0.1) is 0 Å². The molecule has 1 fully saturated rings. The van der Waals surface area contributed by atoms with Gasteiger partial charge in [0.15, 0.2) is 11.6 Å². The van der Waals surface area contributed by atoms with Crippen LogP contribution in [-0.4, -0.2) is 51.2 Å². The summed E-state index contributed by atoms with van der Waals surface area (Å²) in [7, 11) is -3.96. The van der Waals surface area contributed by atoms with E-state index in [1.807, 2.05) is 5.10 Å². The molecule has 1 saturated heterocycles. The first-order valence-corrected chi connectivity index (χ1v) is 10.2. The van der Waals surface area contributed by atoms with E-state index in [2.05, 4.69) is 20.3 Å². The van der Waals surface area contributed by atoms with Gasteiger partial charge in [-0.1, -0.05) is 0 Å². The van der Waals surface area contributed by atoms with Crippen molar-refractivity contribution in [2.75, 3.05) is 13.1 Å². The summed E-state index contributed by atoms with van der Waals surface area (Å²) in [6.07, 6.45) is -3.21. The van der Waals surface area contributed by atoms with E-state index in [9.17, 15) is 21.6 Å². The number of furan rings is 1. The molecule has 0 amide bonds. The topological polar surface area (TPSA) is 121 Å². The maximum atomic E-state index is 13.0. The third-order valence-corrected chi connectivity index (χ3v) is 6.41. The Kier molecular flexibility index (Phi) is 4.73. The normalized spacial score (nSPS) is 19.0. The van der Waals surface area contributed by atoms with Crippen molar-refractivity contribution in [1.29, 1.82) is 0 Å². The minimum atomic E-state index is -4.59. The van der Waals surface area contributed by atoms with Crippen LogP contribution in [0.15, 0.2) is 27.7 Å². The molecule has 0 aliphatic carbocycles. The lowest BCUT2D eigenvalue weighted by Crippen LogP contribution is -2.39. The van der Waals surface area contributed by atoms with Crippen LogP contribution < -0.4 is 0 Å². The fourth-order valence-electron chi connectivity index (χ4n) is 3.23. The van der Waals surface area contributed by atoms with Crippen molar-refractivity contribution in [2.45, 2.75) is 37.0 Å². The van der Waals surface area contributed by atoms with Gasteiger partial charge in [-0.2, -0.15) is 27.7 Å². The summed E-state index contributed by atoms with van der Waals surface area (Å²) in [4.78, 5) is 4.27. The van der Waals surface area contributed by atoms with E-state index >= 15 is 0 Å². The lowest BCUT2D eigenvalue weighted by atomic mass is 9.99. The van der Waals surface area contributed by atoms with Gasteiger partial charge in [-0.3, -0.25) is 10.2 Å². The number of alkyl halides is 3. The number of nitrogens with zero attached hydrogens (tertiary/aromatic N) is 4. The Morgan fingerprint density at radius 2 is 2.03 bits per heavy atom. The Hall–Kier alpha value is -2.67. The smallest absolute Gasteiger partial charge is 0.432 e. The number of hydrogen-bond acceptors (Lipinski definition) is 6. The minimum absolute atomic E-state index is 0.0755. The number of piperidine rings is 1. The van der Waals surface area contributed by atoms with E-state index in [0.717, 1.165) is 12.5 Å². The summed E-state index contributed by atoms with van der Waals surface area (Å²) in [6, 6.07) is 3.26. The molecule has 1 aliphatic rings. The Balaban J connectivity index is 1.55. The van der Waals surface area contributed by atoms with Gasteiger partial charge < -0.3 is 4.42 Å². The average Bonchev–Trinajstić information content (AvgIpc) is 3.41.